The second-order valence-corrected chi connectivity index (χ2v) is 14.0. The van der Waals surface area contributed by atoms with Gasteiger partial charge in [0.2, 0.25) is 23.5 Å². The number of aromatic hydroxyl groups is 3. The Morgan fingerprint density at radius 1 is 0.949 bits per heavy atom. The summed E-state index contributed by atoms with van der Waals surface area (Å²) in [4.78, 5) is 43.8. The third kappa shape index (κ3) is 7.10. The number of aliphatic hydroxyl groups excluding tert-OH is 6. The van der Waals surface area contributed by atoms with Gasteiger partial charge >= 0.3 is 11.9 Å². The fourth-order valence-electron chi connectivity index (χ4n) is 7.01. The highest BCUT2D eigenvalue weighted by Gasteiger charge is 2.74. The van der Waals surface area contributed by atoms with Crippen LogP contribution >= 0.6 is 0 Å². The Labute approximate surface area is 330 Å². The van der Waals surface area contributed by atoms with Gasteiger partial charge in [0.1, 0.15) is 52.6 Å². The van der Waals surface area contributed by atoms with Crippen molar-refractivity contribution in [1.29, 1.82) is 0 Å². The Kier molecular flexibility index (Phi) is 11.2. The van der Waals surface area contributed by atoms with Crippen LogP contribution in [0.4, 0.5) is 0 Å². The molecule has 2 saturated heterocycles. The number of aliphatic carboxylic acids is 1. The first-order chi connectivity index (χ1) is 27.6. The number of nitrogens with zero attached hydrogens (tertiary/aromatic N) is 1. The van der Waals surface area contributed by atoms with Crippen LogP contribution in [-0.2, 0) is 30.2 Å². The summed E-state index contributed by atoms with van der Waals surface area (Å²) in [7, 11) is 0. The highest BCUT2D eigenvalue weighted by atomic mass is 16.8. The van der Waals surface area contributed by atoms with Crippen molar-refractivity contribution in [3.8, 4) is 46.2 Å². The number of esters is 1. The monoisotopic (exact) mass is 833 g/mol. The first-order valence-electron chi connectivity index (χ1n) is 17.5. The molecule has 9 unspecified atom stereocenters. The van der Waals surface area contributed by atoms with Crippen LogP contribution in [-0.4, -0.2) is 152 Å². The van der Waals surface area contributed by atoms with Gasteiger partial charge in [0.25, 0.3) is 5.60 Å². The molecule has 1 spiro atoms. The number of carboxylic acids is 1. The maximum absolute atomic E-state index is 14.3. The smallest absolute Gasteiger partial charge is 0.354 e. The minimum atomic E-state index is -3.90. The van der Waals surface area contributed by atoms with Crippen LogP contribution < -0.4 is 21.6 Å². The van der Waals surface area contributed by atoms with Crippen molar-refractivity contribution in [2.75, 3.05) is 13.2 Å². The molecule has 1 aromatic heterocycles. The lowest BCUT2D eigenvalue weighted by molar-refractivity contribution is -0.429. The van der Waals surface area contributed by atoms with Gasteiger partial charge in [-0.25, -0.2) is 9.59 Å². The molecular formula is C36H39N3O20. The van der Waals surface area contributed by atoms with E-state index in [0.29, 0.717) is 0 Å². The molecule has 0 radical (unpaired) electrons. The van der Waals surface area contributed by atoms with E-state index in [4.69, 9.17) is 34.8 Å². The van der Waals surface area contributed by atoms with Gasteiger partial charge in [-0.05, 0) is 30.9 Å². The van der Waals surface area contributed by atoms with Gasteiger partial charge in [-0.15, -0.1) is 0 Å². The lowest BCUT2D eigenvalue weighted by Crippen LogP contribution is -2.79. The molecule has 2 aromatic carbocycles. The lowest BCUT2D eigenvalue weighted by atomic mass is 9.79. The number of ether oxygens (including phenoxy) is 4. The standard InChI is InChI=1S/C36H39N3O20/c37-32(38)39-7-2-6-35-27(48)28(49)36(53,54)34(59-35,30(50)51)5-1-4-33(31(52)58-35)26(47)24(45)25(46)29(57-33)55-16-11-17(41)22-18(42)13-20(56-21(22)12-16)15-9-14(3-8-40)23(44)19(43)10-15/h9-13,24-29,40-41,43-49,53-54H,2-4,6-8H2,(H,50,51)(H4,37,38,39). The number of nitrogens with two attached hydrogens (primary N) is 2. The van der Waals surface area contributed by atoms with Crippen LogP contribution in [0, 0.1) is 11.8 Å². The van der Waals surface area contributed by atoms with Crippen molar-refractivity contribution in [1.82, 2.24) is 0 Å². The van der Waals surface area contributed by atoms with E-state index in [1.54, 1.807) is 0 Å². The maximum Gasteiger partial charge on any atom is 0.354 e. The molecule has 3 aliphatic rings. The van der Waals surface area contributed by atoms with E-state index in [2.05, 4.69) is 10.9 Å². The highest BCUT2D eigenvalue weighted by molar-refractivity contribution is 5.87. The lowest BCUT2D eigenvalue weighted by Gasteiger charge is -2.53. The first kappa shape index (κ1) is 42.8. The number of rotatable bonds is 10. The second-order valence-electron chi connectivity index (χ2n) is 14.0. The quantitative estimate of drug-likeness (QED) is 0.0174. The largest absolute Gasteiger partial charge is 0.507 e. The summed E-state index contributed by atoms with van der Waals surface area (Å²) in [6.45, 7) is -0.689. The fourth-order valence-corrected chi connectivity index (χ4v) is 7.01. The number of fused-ring (bicyclic) bond motifs is 3. The number of carboxylic acid groups (broad SMARTS) is 1. The van der Waals surface area contributed by atoms with Crippen molar-refractivity contribution < 1.29 is 94.2 Å². The predicted molar refractivity (Wildman–Crippen MR) is 192 cm³/mol. The molecule has 0 saturated carbocycles. The summed E-state index contributed by atoms with van der Waals surface area (Å²) in [6, 6.07) is 5.20. The van der Waals surface area contributed by atoms with Crippen molar-refractivity contribution in [2.24, 2.45) is 16.5 Å². The summed E-state index contributed by atoms with van der Waals surface area (Å²) in [6.07, 6.45) is -17.3. The molecule has 9 atom stereocenters. The van der Waals surface area contributed by atoms with Gasteiger partial charge in [-0.3, -0.25) is 9.79 Å². The third-order valence-electron chi connectivity index (χ3n) is 10.1. The number of phenolic OH excluding ortho intramolecular Hbond substituents is 3. The van der Waals surface area contributed by atoms with E-state index in [-0.39, 0.29) is 47.2 Å². The number of phenols is 3. The SMILES string of the molecule is NC(N)=NCCCC12OC(=O)C3(CC#CC(C(=O)O)(O1)C(O)(O)C(O)C2O)OC(Oc1cc(O)c2c(=O)cc(-c4cc(O)c(O)c(CCO)c4)oc2c1)C(O)C(O)C3O. The molecule has 23 heteroatoms. The molecule has 0 amide bonds. The molecule has 0 aliphatic carbocycles. The second kappa shape index (κ2) is 15.4. The molecule has 23 nitrogen and oxygen atoms in total. The number of guanidine groups is 1. The number of hydrogen-bond acceptors (Lipinski definition) is 20. The van der Waals surface area contributed by atoms with Gasteiger partial charge in [-0.2, -0.15) is 0 Å². The molecule has 2 bridgehead atoms. The first-order valence-corrected chi connectivity index (χ1v) is 17.5. The van der Waals surface area contributed by atoms with Gasteiger partial charge in [0.05, 0.1) is 6.42 Å². The van der Waals surface area contributed by atoms with Crippen molar-refractivity contribution in [3.05, 3.63) is 46.1 Å². The number of aliphatic hydroxyl groups is 8. The van der Waals surface area contributed by atoms with Gasteiger partial charge in [-0.1, -0.05) is 5.92 Å². The van der Waals surface area contributed by atoms with E-state index in [0.717, 1.165) is 24.3 Å². The molecule has 2 fully saturated rings. The number of hydrogen-bond donors (Lipinski definition) is 14. The number of benzene rings is 2. The average molecular weight is 834 g/mol. The van der Waals surface area contributed by atoms with Crippen LogP contribution in [0.25, 0.3) is 22.3 Å². The zero-order chi connectivity index (χ0) is 43.4. The van der Waals surface area contributed by atoms with E-state index in [9.17, 15) is 75.7 Å². The average Bonchev–Trinajstić information content (AvgIpc) is 3.21. The highest BCUT2D eigenvalue weighted by Crippen LogP contribution is 2.47. The Balaban J connectivity index is 1.42. The van der Waals surface area contributed by atoms with Crippen molar-refractivity contribution in [2.45, 2.75) is 85.3 Å². The Hall–Kier alpha value is -5.78. The molecule has 16 N–H and O–H groups in total. The van der Waals surface area contributed by atoms with Crippen molar-refractivity contribution in [3.63, 3.8) is 0 Å². The van der Waals surface area contributed by atoms with E-state index < -0.39 is 125 Å². The minimum Gasteiger partial charge on any atom is -0.507 e. The minimum absolute atomic E-state index is 0.0583. The molecule has 318 valence electrons. The van der Waals surface area contributed by atoms with Gasteiger partial charge in [0, 0.05) is 48.9 Å². The number of carbonyl (C=O) groups is 2. The van der Waals surface area contributed by atoms with E-state index in [1.165, 1.54) is 6.07 Å². The van der Waals surface area contributed by atoms with Crippen molar-refractivity contribution >= 4 is 28.9 Å². The van der Waals surface area contributed by atoms with Crippen LogP contribution in [0.1, 0.15) is 24.8 Å². The predicted octanol–water partition coefficient (Wildman–Crippen LogP) is -4.38. The topological polar surface area (TPSA) is 408 Å². The molecule has 6 rings (SSSR count). The fraction of sp³-hybridized carbons (Fsp3) is 0.444. The summed E-state index contributed by atoms with van der Waals surface area (Å²) < 4.78 is 28.3. The van der Waals surface area contributed by atoms with Crippen LogP contribution in [0.15, 0.2) is 44.5 Å². The molecule has 4 heterocycles. The van der Waals surface area contributed by atoms with E-state index in [1.807, 2.05) is 5.92 Å². The Morgan fingerprint density at radius 2 is 1.66 bits per heavy atom. The number of carbonyl (C=O) groups excluding carboxylic acids is 1. The Morgan fingerprint density at radius 3 is 2.32 bits per heavy atom. The molecule has 3 aliphatic heterocycles. The molecular weight excluding hydrogens is 794 g/mol. The van der Waals surface area contributed by atoms with Gasteiger partial charge in [0.15, 0.2) is 29.0 Å². The van der Waals surface area contributed by atoms with Gasteiger partial charge < -0.3 is 96.1 Å². The third-order valence-corrected chi connectivity index (χ3v) is 10.1. The number of aliphatic imine (C=N–C) groups is 1. The van der Waals surface area contributed by atoms with Crippen LogP contribution in [0.2, 0.25) is 0 Å². The summed E-state index contributed by atoms with van der Waals surface area (Å²) in [5.74, 6) is -9.90. The zero-order valence-electron chi connectivity index (χ0n) is 30.3. The maximum atomic E-state index is 14.3. The summed E-state index contributed by atoms with van der Waals surface area (Å²) in [5, 5.41) is 128. The normalized spacial score (nSPS) is 31.2. The molecule has 3 aromatic rings. The zero-order valence-corrected chi connectivity index (χ0v) is 30.3. The van der Waals surface area contributed by atoms with Crippen LogP contribution in [0.5, 0.6) is 23.0 Å². The summed E-state index contributed by atoms with van der Waals surface area (Å²) in [5.41, 5.74) is 3.08. The summed E-state index contributed by atoms with van der Waals surface area (Å²) >= 11 is 0. The van der Waals surface area contributed by atoms with Crippen LogP contribution in [0.3, 0.4) is 0 Å². The molecule has 59 heavy (non-hydrogen) atoms. The Bertz CT molecular complexity index is 2320. The van der Waals surface area contributed by atoms with E-state index >= 15 is 0 Å².